The predicted octanol–water partition coefficient (Wildman–Crippen LogP) is 5.06. The second-order valence-corrected chi connectivity index (χ2v) is 9.24. The molecule has 9 heteroatoms. The summed E-state index contributed by atoms with van der Waals surface area (Å²) in [5.41, 5.74) is 2.33. The zero-order chi connectivity index (χ0) is 25.4. The summed E-state index contributed by atoms with van der Waals surface area (Å²) in [6, 6.07) is 17.6. The van der Waals surface area contributed by atoms with Gasteiger partial charge in [-0.25, -0.2) is 4.98 Å². The summed E-state index contributed by atoms with van der Waals surface area (Å²) < 4.78 is 43.7. The highest BCUT2D eigenvalue weighted by Gasteiger charge is 2.22. The monoisotopic (exact) mass is 505 g/mol. The summed E-state index contributed by atoms with van der Waals surface area (Å²) in [5, 5.41) is 3.83. The minimum atomic E-state index is -2.99. The van der Waals surface area contributed by atoms with E-state index in [4.69, 9.17) is 19.2 Å². The molecule has 0 aliphatic carbocycles. The second-order valence-electron chi connectivity index (χ2n) is 9.24. The first-order valence-corrected chi connectivity index (χ1v) is 12.3. The Morgan fingerprint density at radius 3 is 2.70 bits per heavy atom. The molecule has 0 amide bonds. The number of hydrogen-bond donors (Lipinski definition) is 1. The van der Waals surface area contributed by atoms with Crippen LogP contribution in [-0.4, -0.2) is 36.0 Å². The molecule has 0 radical (unpaired) electrons. The third-order valence-electron chi connectivity index (χ3n) is 6.84. The van der Waals surface area contributed by atoms with Crippen molar-refractivity contribution >= 4 is 10.9 Å². The highest BCUT2D eigenvalue weighted by molar-refractivity contribution is 5.86. The number of nitrogens with one attached hydrogen (secondary N) is 1. The van der Waals surface area contributed by atoms with Gasteiger partial charge in [0.1, 0.15) is 11.6 Å². The molecule has 190 valence electrons. The van der Waals surface area contributed by atoms with E-state index >= 15 is 0 Å². The Bertz CT molecular complexity index is 1520. The Hall–Kier alpha value is -3.98. The smallest absolute Gasteiger partial charge is 0.387 e. The van der Waals surface area contributed by atoms with Crippen LogP contribution in [0.5, 0.6) is 17.2 Å². The molecule has 3 heterocycles. The Labute approximate surface area is 211 Å². The summed E-state index contributed by atoms with van der Waals surface area (Å²) in [4.78, 5) is 18.8. The van der Waals surface area contributed by atoms with Gasteiger partial charge in [0, 0.05) is 6.54 Å². The van der Waals surface area contributed by atoms with Gasteiger partial charge in [0.05, 0.1) is 16.5 Å². The lowest BCUT2D eigenvalue weighted by molar-refractivity contribution is -0.0494. The number of hydrogen-bond acceptors (Lipinski definition) is 6. The van der Waals surface area contributed by atoms with E-state index in [9.17, 15) is 13.6 Å². The lowest BCUT2D eigenvalue weighted by atomic mass is 9.99. The van der Waals surface area contributed by atoms with Crippen LogP contribution < -0.4 is 25.1 Å². The van der Waals surface area contributed by atoms with Gasteiger partial charge in [0.15, 0.2) is 11.5 Å². The lowest BCUT2D eigenvalue weighted by Gasteiger charge is -2.25. The van der Waals surface area contributed by atoms with E-state index in [0.29, 0.717) is 40.3 Å². The Balaban J connectivity index is 1.50. The maximum atomic E-state index is 14.0. The number of piperidine rings is 1. The molecule has 1 fully saturated rings. The molecule has 0 saturated carbocycles. The number of fused-ring (bicyclic) bond motifs is 2. The highest BCUT2D eigenvalue weighted by atomic mass is 19.3. The largest absolute Gasteiger partial charge is 0.454 e. The topological polar surface area (TPSA) is 74.6 Å². The van der Waals surface area contributed by atoms with Gasteiger partial charge in [-0.05, 0) is 79.4 Å². The molecular weight excluding hydrogens is 480 g/mol. The van der Waals surface area contributed by atoms with Crippen LogP contribution in [0.1, 0.15) is 12.8 Å². The fourth-order valence-corrected chi connectivity index (χ4v) is 5.04. The van der Waals surface area contributed by atoms with Crippen molar-refractivity contribution in [3.8, 4) is 39.8 Å². The number of benzene rings is 3. The van der Waals surface area contributed by atoms with Crippen LogP contribution in [0.3, 0.4) is 0 Å². The number of rotatable bonds is 6. The third kappa shape index (κ3) is 4.62. The summed E-state index contributed by atoms with van der Waals surface area (Å²) in [6.45, 7) is -0.676. The van der Waals surface area contributed by atoms with Crippen molar-refractivity contribution in [1.82, 2.24) is 14.9 Å². The zero-order valence-electron chi connectivity index (χ0n) is 20.0. The van der Waals surface area contributed by atoms with Crippen molar-refractivity contribution in [2.24, 2.45) is 5.92 Å². The van der Waals surface area contributed by atoms with Gasteiger partial charge in [0.25, 0.3) is 5.56 Å². The first-order valence-electron chi connectivity index (χ1n) is 12.3. The summed E-state index contributed by atoms with van der Waals surface area (Å²) in [6.07, 6.45) is 1.97. The number of halogens is 2. The van der Waals surface area contributed by atoms with E-state index in [0.717, 1.165) is 37.1 Å². The quantitative estimate of drug-likeness (QED) is 0.395. The van der Waals surface area contributed by atoms with Crippen molar-refractivity contribution < 1.29 is 23.0 Å². The van der Waals surface area contributed by atoms with Gasteiger partial charge >= 0.3 is 6.61 Å². The van der Waals surface area contributed by atoms with Gasteiger partial charge in [-0.3, -0.25) is 9.36 Å². The van der Waals surface area contributed by atoms with Crippen LogP contribution in [0.25, 0.3) is 33.4 Å². The summed E-state index contributed by atoms with van der Waals surface area (Å²) in [7, 11) is 0. The molecular formula is C28H25F2N3O4. The van der Waals surface area contributed by atoms with Crippen molar-refractivity contribution in [3.63, 3.8) is 0 Å². The van der Waals surface area contributed by atoms with Gasteiger partial charge < -0.3 is 19.5 Å². The fourth-order valence-electron chi connectivity index (χ4n) is 5.04. The average Bonchev–Trinajstić information content (AvgIpc) is 3.39. The molecule has 37 heavy (non-hydrogen) atoms. The molecule has 1 N–H and O–H groups in total. The molecule has 1 saturated heterocycles. The molecule has 2 aliphatic rings. The van der Waals surface area contributed by atoms with Crippen LogP contribution in [0, 0.1) is 5.92 Å². The van der Waals surface area contributed by atoms with E-state index in [2.05, 4.69) is 5.32 Å². The number of ether oxygens (including phenoxy) is 3. The van der Waals surface area contributed by atoms with Crippen LogP contribution in [-0.2, 0) is 6.54 Å². The van der Waals surface area contributed by atoms with Crippen molar-refractivity contribution in [2.75, 3.05) is 19.9 Å². The normalized spacial score (nSPS) is 16.9. The second kappa shape index (κ2) is 9.82. The van der Waals surface area contributed by atoms with Crippen molar-refractivity contribution in [2.45, 2.75) is 26.0 Å². The van der Waals surface area contributed by atoms with Crippen LogP contribution in [0.4, 0.5) is 8.78 Å². The van der Waals surface area contributed by atoms with Crippen LogP contribution in [0.15, 0.2) is 65.5 Å². The maximum Gasteiger partial charge on any atom is 0.387 e. The van der Waals surface area contributed by atoms with Crippen molar-refractivity contribution in [3.05, 3.63) is 71.0 Å². The minimum Gasteiger partial charge on any atom is -0.454 e. The number of nitrogens with zero attached hydrogens (tertiary/aromatic N) is 2. The minimum absolute atomic E-state index is 0.0174. The highest BCUT2D eigenvalue weighted by Crippen LogP contribution is 2.37. The molecule has 0 spiro atoms. The maximum absolute atomic E-state index is 14.0. The fraction of sp³-hybridized carbons (Fsp3) is 0.286. The van der Waals surface area contributed by atoms with Crippen LogP contribution in [0.2, 0.25) is 0 Å². The Morgan fingerprint density at radius 1 is 1.05 bits per heavy atom. The van der Waals surface area contributed by atoms with E-state index < -0.39 is 6.61 Å². The van der Waals surface area contributed by atoms with Gasteiger partial charge in [-0.1, -0.05) is 24.3 Å². The lowest BCUT2D eigenvalue weighted by Crippen LogP contribution is -2.35. The van der Waals surface area contributed by atoms with Gasteiger partial charge in [-0.2, -0.15) is 8.78 Å². The average molecular weight is 506 g/mol. The number of aromatic nitrogens is 2. The molecule has 1 unspecified atom stereocenters. The van der Waals surface area contributed by atoms with E-state index in [-0.39, 0.29) is 24.0 Å². The van der Waals surface area contributed by atoms with Crippen molar-refractivity contribution in [1.29, 1.82) is 0 Å². The Kier molecular flexibility index (Phi) is 6.21. The predicted molar refractivity (Wildman–Crippen MR) is 135 cm³/mol. The standard InChI is InChI=1S/C28H25F2N3O4/c29-28(30)37-23-6-2-1-5-20(23)26-32-22-9-7-18(19-8-10-24-25(13-19)36-16-35-24)12-21(22)27(34)33(26)15-17-4-3-11-31-14-17/h1-2,5-10,12-13,17,28,31H,3-4,11,14-16H2. The van der Waals surface area contributed by atoms with E-state index in [1.54, 1.807) is 28.8 Å². The molecule has 7 nitrogen and oxygen atoms in total. The first-order chi connectivity index (χ1) is 18.1. The SMILES string of the molecule is O=c1c2cc(-c3ccc4c(c3)OCO4)ccc2nc(-c2ccccc2OC(F)F)n1CC1CCCNC1. The molecule has 3 aromatic carbocycles. The zero-order valence-corrected chi connectivity index (χ0v) is 20.0. The van der Waals surface area contributed by atoms with Gasteiger partial charge in [-0.15, -0.1) is 0 Å². The molecule has 6 rings (SSSR count). The molecule has 1 atom stereocenters. The first kappa shape index (κ1) is 23.4. The molecule has 0 bridgehead atoms. The summed E-state index contributed by atoms with van der Waals surface area (Å²) in [5.74, 6) is 1.85. The third-order valence-corrected chi connectivity index (χ3v) is 6.84. The van der Waals surface area contributed by atoms with E-state index in [1.807, 2.05) is 30.3 Å². The Morgan fingerprint density at radius 2 is 1.86 bits per heavy atom. The molecule has 1 aromatic heterocycles. The number of para-hydroxylation sites is 1. The molecule has 2 aliphatic heterocycles. The van der Waals surface area contributed by atoms with E-state index in [1.165, 1.54) is 6.07 Å². The molecule has 4 aromatic rings. The van der Waals surface area contributed by atoms with Crippen LogP contribution >= 0.6 is 0 Å². The summed E-state index contributed by atoms with van der Waals surface area (Å²) >= 11 is 0. The van der Waals surface area contributed by atoms with Gasteiger partial charge in [0.2, 0.25) is 6.79 Å². The number of alkyl halides is 2.